The van der Waals surface area contributed by atoms with Gasteiger partial charge >= 0.3 is 0 Å². The predicted molar refractivity (Wildman–Crippen MR) is 88.6 cm³/mol. The summed E-state index contributed by atoms with van der Waals surface area (Å²) in [4.78, 5) is 8.96. The van der Waals surface area contributed by atoms with Gasteiger partial charge in [0.2, 0.25) is 5.95 Å². The number of aryl methyl sites for hydroxylation is 2. The highest BCUT2D eigenvalue weighted by Crippen LogP contribution is 2.13. The minimum absolute atomic E-state index is 0.587. The second-order valence-corrected chi connectivity index (χ2v) is 5.77. The summed E-state index contributed by atoms with van der Waals surface area (Å²) >= 11 is 0. The van der Waals surface area contributed by atoms with Gasteiger partial charge in [-0.1, -0.05) is 38.1 Å². The summed E-state index contributed by atoms with van der Waals surface area (Å²) in [6, 6.07) is 10.3. The molecule has 1 aromatic heterocycles. The van der Waals surface area contributed by atoms with E-state index in [0.29, 0.717) is 11.9 Å². The number of hydrogen-bond donors (Lipinski definition) is 2. The molecule has 0 amide bonds. The van der Waals surface area contributed by atoms with E-state index < -0.39 is 0 Å². The first-order chi connectivity index (χ1) is 10.0. The van der Waals surface area contributed by atoms with Crippen LogP contribution in [0.1, 0.15) is 30.7 Å². The molecular weight excluding hydrogens is 260 g/mol. The molecule has 112 valence electrons. The van der Waals surface area contributed by atoms with E-state index in [1.165, 1.54) is 11.1 Å². The SMILES string of the molecule is Cc1cc(NCC(C)C)nc(NCc2ccccc2C)n1. The average molecular weight is 284 g/mol. The van der Waals surface area contributed by atoms with Crippen LogP contribution in [0, 0.1) is 19.8 Å². The van der Waals surface area contributed by atoms with E-state index in [9.17, 15) is 0 Å². The highest BCUT2D eigenvalue weighted by Gasteiger charge is 2.04. The Labute approximate surface area is 127 Å². The van der Waals surface area contributed by atoms with Gasteiger partial charge in [0.25, 0.3) is 0 Å². The fourth-order valence-corrected chi connectivity index (χ4v) is 2.03. The van der Waals surface area contributed by atoms with Crippen LogP contribution in [0.2, 0.25) is 0 Å². The molecule has 0 saturated heterocycles. The van der Waals surface area contributed by atoms with Crippen LogP contribution in [-0.2, 0) is 6.54 Å². The van der Waals surface area contributed by atoms with Crippen LogP contribution in [0.15, 0.2) is 30.3 Å². The Balaban J connectivity index is 2.04. The molecule has 0 aliphatic carbocycles. The normalized spacial score (nSPS) is 10.7. The van der Waals surface area contributed by atoms with Crippen molar-refractivity contribution >= 4 is 11.8 Å². The van der Waals surface area contributed by atoms with Crippen molar-refractivity contribution in [3.05, 3.63) is 47.2 Å². The van der Waals surface area contributed by atoms with E-state index in [4.69, 9.17) is 0 Å². The smallest absolute Gasteiger partial charge is 0.225 e. The molecular formula is C17H24N4. The number of anilines is 2. The van der Waals surface area contributed by atoms with Crippen molar-refractivity contribution < 1.29 is 0 Å². The quantitative estimate of drug-likeness (QED) is 0.847. The number of benzene rings is 1. The molecule has 2 N–H and O–H groups in total. The van der Waals surface area contributed by atoms with Crippen LogP contribution in [0.4, 0.5) is 11.8 Å². The van der Waals surface area contributed by atoms with E-state index in [1.54, 1.807) is 0 Å². The highest BCUT2D eigenvalue weighted by atomic mass is 15.1. The van der Waals surface area contributed by atoms with Gasteiger partial charge in [0.05, 0.1) is 0 Å². The Kier molecular flexibility index (Phi) is 5.14. The van der Waals surface area contributed by atoms with Crippen molar-refractivity contribution in [1.29, 1.82) is 0 Å². The second kappa shape index (κ2) is 7.07. The van der Waals surface area contributed by atoms with Crippen LogP contribution >= 0.6 is 0 Å². The molecule has 0 aliphatic rings. The zero-order valence-electron chi connectivity index (χ0n) is 13.3. The molecule has 0 fully saturated rings. The molecule has 1 heterocycles. The topological polar surface area (TPSA) is 49.8 Å². The molecule has 0 saturated carbocycles. The average Bonchev–Trinajstić information content (AvgIpc) is 2.44. The fourth-order valence-electron chi connectivity index (χ4n) is 2.03. The molecule has 2 rings (SSSR count). The highest BCUT2D eigenvalue weighted by molar-refractivity contribution is 5.42. The molecule has 0 spiro atoms. The van der Waals surface area contributed by atoms with Crippen LogP contribution < -0.4 is 10.6 Å². The first kappa shape index (κ1) is 15.3. The van der Waals surface area contributed by atoms with Gasteiger partial charge in [0.15, 0.2) is 0 Å². The maximum atomic E-state index is 4.52. The summed E-state index contributed by atoms with van der Waals surface area (Å²) in [5.74, 6) is 2.14. The summed E-state index contributed by atoms with van der Waals surface area (Å²) in [5, 5.41) is 6.65. The molecule has 4 nitrogen and oxygen atoms in total. The molecule has 0 radical (unpaired) electrons. The minimum atomic E-state index is 0.587. The molecule has 2 aromatic rings. The van der Waals surface area contributed by atoms with Gasteiger partial charge in [-0.15, -0.1) is 0 Å². The lowest BCUT2D eigenvalue weighted by atomic mass is 10.1. The predicted octanol–water partition coefficient (Wildman–Crippen LogP) is 3.77. The maximum absolute atomic E-state index is 4.52. The van der Waals surface area contributed by atoms with Gasteiger partial charge in [-0.25, -0.2) is 4.98 Å². The van der Waals surface area contributed by atoms with Gasteiger partial charge in [-0.2, -0.15) is 4.98 Å². The lowest BCUT2D eigenvalue weighted by Crippen LogP contribution is -2.12. The lowest BCUT2D eigenvalue weighted by molar-refractivity contribution is 0.686. The number of nitrogens with zero attached hydrogens (tertiary/aromatic N) is 2. The number of aromatic nitrogens is 2. The van der Waals surface area contributed by atoms with Crippen LogP contribution in [0.25, 0.3) is 0 Å². The van der Waals surface area contributed by atoms with Crippen LogP contribution in [0.5, 0.6) is 0 Å². The summed E-state index contributed by atoms with van der Waals surface area (Å²) < 4.78 is 0. The minimum Gasteiger partial charge on any atom is -0.370 e. The van der Waals surface area contributed by atoms with Crippen molar-refractivity contribution in [3.8, 4) is 0 Å². The maximum Gasteiger partial charge on any atom is 0.225 e. The standard InChI is InChI=1S/C17H24N4/c1-12(2)10-18-16-9-14(4)20-17(21-16)19-11-15-8-6-5-7-13(15)3/h5-9,12H,10-11H2,1-4H3,(H2,18,19,20,21). The third-order valence-electron chi connectivity index (χ3n) is 3.24. The number of nitrogens with one attached hydrogen (secondary N) is 2. The third-order valence-corrected chi connectivity index (χ3v) is 3.24. The van der Waals surface area contributed by atoms with Crippen molar-refractivity contribution in [2.24, 2.45) is 5.92 Å². The third kappa shape index (κ3) is 4.74. The van der Waals surface area contributed by atoms with E-state index >= 15 is 0 Å². The Bertz CT molecular complexity index is 593. The van der Waals surface area contributed by atoms with Crippen LogP contribution in [0.3, 0.4) is 0 Å². The fraction of sp³-hybridized carbons (Fsp3) is 0.412. The zero-order valence-corrected chi connectivity index (χ0v) is 13.3. The van der Waals surface area contributed by atoms with Crippen molar-refractivity contribution in [1.82, 2.24) is 9.97 Å². The van der Waals surface area contributed by atoms with Crippen molar-refractivity contribution in [3.63, 3.8) is 0 Å². The Morgan fingerprint density at radius 1 is 1.05 bits per heavy atom. The van der Waals surface area contributed by atoms with E-state index in [1.807, 2.05) is 13.0 Å². The molecule has 1 aromatic carbocycles. The first-order valence-corrected chi connectivity index (χ1v) is 7.42. The van der Waals surface area contributed by atoms with E-state index in [0.717, 1.165) is 24.6 Å². The Hall–Kier alpha value is -2.10. The summed E-state index contributed by atoms with van der Waals surface area (Å²) in [5.41, 5.74) is 3.50. The monoisotopic (exact) mass is 284 g/mol. The molecule has 4 heteroatoms. The van der Waals surface area contributed by atoms with Crippen molar-refractivity contribution in [2.75, 3.05) is 17.2 Å². The molecule has 0 atom stereocenters. The van der Waals surface area contributed by atoms with E-state index in [-0.39, 0.29) is 0 Å². The van der Waals surface area contributed by atoms with Gasteiger partial charge in [0.1, 0.15) is 5.82 Å². The van der Waals surface area contributed by atoms with Crippen LogP contribution in [-0.4, -0.2) is 16.5 Å². The van der Waals surface area contributed by atoms with Gasteiger partial charge in [-0.05, 0) is 30.9 Å². The second-order valence-electron chi connectivity index (χ2n) is 5.77. The van der Waals surface area contributed by atoms with Gasteiger partial charge < -0.3 is 10.6 Å². The first-order valence-electron chi connectivity index (χ1n) is 7.42. The Morgan fingerprint density at radius 3 is 2.52 bits per heavy atom. The lowest BCUT2D eigenvalue weighted by Gasteiger charge is -2.12. The summed E-state index contributed by atoms with van der Waals surface area (Å²) in [7, 11) is 0. The molecule has 0 aliphatic heterocycles. The number of rotatable bonds is 6. The Morgan fingerprint density at radius 2 is 1.81 bits per heavy atom. The summed E-state index contributed by atoms with van der Waals surface area (Å²) in [6.07, 6.45) is 0. The zero-order chi connectivity index (χ0) is 15.2. The van der Waals surface area contributed by atoms with Crippen molar-refractivity contribution in [2.45, 2.75) is 34.2 Å². The van der Waals surface area contributed by atoms with E-state index in [2.05, 4.69) is 65.6 Å². The summed E-state index contributed by atoms with van der Waals surface area (Å²) in [6.45, 7) is 10.1. The molecule has 21 heavy (non-hydrogen) atoms. The molecule has 0 unspecified atom stereocenters. The molecule has 0 bridgehead atoms. The largest absolute Gasteiger partial charge is 0.370 e. The van der Waals surface area contributed by atoms with Gasteiger partial charge in [-0.3, -0.25) is 0 Å². The van der Waals surface area contributed by atoms with Gasteiger partial charge in [0, 0.05) is 24.8 Å². The number of hydrogen-bond acceptors (Lipinski definition) is 4.